The summed E-state index contributed by atoms with van der Waals surface area (Å²) in [7, 11) is 0. The van der Waals surface area contributed by atoms with Crippen molar-refractivity contribution < 1.29 is 0 Å². The van der Waals surface area contributed by atoms with E-state index < -0.39 is 10.8 Å². The Hall–Kier alpha value is -13.4. The maximum absolute atomic E-state index is 2.59. The molecular weight excluding hydrogens is 1250 g/mol. The highest BCUT2D eigenvalue weighted by molar-refractivity contribution is 6.29. The van der Waals surface area contributed by atoms with E-state index in [9.17, 15) is 0 Å². The number of benzene rings is 18. The molecule has 18 aromatic rings. The van der Waals surface area contributed by atoms with Gasteiger partial charge in [0.05, 0.1) is 33.6 Å². The van der Waals surface area contributed by atoms with Crippen molar-refractivity contribution in [1.82, 2.24) is 0 Å². The molecule has 0 atom stereocenters. The average Bonchev–Trinajstić information content (AvgIpc) is 1.42. The fourth-order valence-corrected chi connectivity index (χ4v) is 19.6. The van der Waals surface area contributed by atoms with Crippen molar-refractivity contribution in [1.29, 1.82) is 0 Å². The predicted molar refractivity (Wildman–Crippen MR) is 435 cm³/mol. The van der Waals surface area contributed by atoms with Gasteiger partial charge in [0.2, 0.25) is 0 Å². The molecule has 0 amide bonds. The van der Waals surface area contributed by atoms with E-state index in [1.807, 2.05) is 0 Å². The second-order valence-electron chi connectivity index (χ2n) is 28.3. The summed E-state index contributed by atoms with van der Waals surface area (Å²) in [6.45, 7) is 0. The minimum atomic E-state index is -0.647. The molecule has 0 unspecified atom stereocenters. The Kier molecular flexibility index (Phi) is 12.7. The average molecular weight is 1320 g/mol. The molecule has 22 rings (SSSR count). The van der Waals surface area contributed by atoms with E-state index in [2.05, 4.69) is 398 Å². The molecule has 2 heteroatoms. The van der Waals surface area contributed by atoms with Crippen LogP contribution in [0.5, 0.6) is 0 Å². The Bertz CT molecular complexity index is 6120. The van der Waals surface area contributed by atoms with Gasteiger partial charge in [-0.2, -0.15) is 0 Å². The standard InChI is InChI=1S/C102H64N2/c1-5-31-65(32-6-1)69-41-25-45-75-81(69)63-82-70(66-33-7-2-8-34-66)42-26-46-76(82)99(75)100-77-47-27-43-71(73-49-29-57-91-97(73)79-39-13-15-51-85(79)101(91)87-53-17-21-59-93(87)103(67-35-9-3-10-36-67)94-60-22-18-54-88(94)101)83(77)64-84-72(44-28-48-78(84)100)74-50-30-58-92-98(74)80-40-14-16-52-86(80)102(92)89-55-19-23-61-95(89)104(68-37-11-4-12-38-68)96-62-24-20-56-90(96)102/h1-64H. The zero-order chi connectivity index (χ0) is 68.2. The summed E-state index contributed by atoms with van der Waals surface area (Å²) in [5.41, 5.74) is 33.0. The van der Waals surface area contributed by atoms with Crippen LogP contribution in [0, 0.1) is 0 Å². The molecule has 0 saturated heterocycles. The largest absolute Gasteiger partial charge is 0.310 e. The van der Waals surface area contributed by atoms with Crippen molar-refractivity contribution >= 4 is 77.2 Å². The zero-order valence-corrected chi connectivity index (χ0v) is 56.8. The third kappa shape index (κ3) is 7.94. The number of fused-ring (bicyclic) bond motifs is 22. The van der Waals surface area contributed by atoms with Crippen LogP contribution < -0.4 is 9.80 Å². The van der Waals surface area contributed by atoms with Gasteiger partial charge in [-0.25, -0.2) is 0 Å². The molecule has 18 aromatic carbocycles. The van der Waals surface area contributed by atoms with Crippen LogP contribution in [0.4, 0.5) is 34.1 Å². The molecule has 2 nitrogen and oxygen atoms in total. The first-order valence-corrected chi connectivity index (χ1v) is 36.3. The van der Waals surface area contributed by atoms with E-state index in [0.717, 1.165) is 11.4 Å². The van der Waals surface area contributed by atoms with E-state index >= 15 is 0 Å². The number of hydrogen-bond donors (Lipinski definition) is 0. The smallest absolute Gasteiger partial charge is 0.0754 e. The highest BCUT2D eigenvalue weighted by Crippen LogP contribution is 2.67. The van der Waals surface area contributed by atoms with Crippen LogP contribution in [0.15, 0.2) is 388 Å². The van der Waals surface area contributed by atoms with Crippen molar-refractivity contribution in [2.75, 3.05) is 9.80 Å². The SMILES string of the molecule is c1ccc(-c2cccc3c(-c4c5cccc(-c6cccc7c6-c6ccccc6C76c7ccccc7N(c7ccccc7)c7ccccc76)c5cc5c(-c6cccc7c6-c6ccccc6C76c7ccccc7N(c7ccccc7)c7ccccc76)cccc45)c4cccc(-c5ccccc5)c4cc23)cc1. The van der Waals surface area contributed by atoms with Crippen LogP contribution in [0.25, 0.3) is 121 Å². The van der Waals surface area contributed by atoms with E-state index in [-0.39, 0.29) is 0 Å². The van der Waals surface area contributed by atoms with Gasteiger partial charge in [-0.1, -0.05) is 328 Å². The van der Waals surface area contributed by atoms with Crippen LogP contribution in [0.2, 0.25) is 0 Å². The summed E-state index contributed by atoms with van der Waals surface area (Å²) < 4.78 is 0. The van der Waals surface area contributed by atoms with Gasteiger partial charge in [-0.05, 0) is 226 Å². The van der Waals surface area contributed by atoms with Crippen LogP contribution >= 0.6 is 0 Å². The quantitative estimate of drug-likeness (QED) is 0.147. The lowest BCUT2D eigenvalue weighted by molar-refractivity contribution is 0.753. The number of anilines is 6. The molecule has 0 bridgehead atoms. The molecule has 2 aliphatic carbocycles. The Morgan fingerprint density at radius 1 is 0.154 bits per heavy atom. The number of hydrogen-bond acceptors (Lipinski definition) is 2. The van der Waals surface area contributed by atoms with E-state index in [0.29, 0.717) is 0 Å². The number of nitrogens with zero attached hydrogens (tertiary/aromatic N) is 2. The van der Waals surface area contributed by atoms with Crippen molar-refractivity contribution in [3.63, 3.8) is 0 Å². The first-order chi connectivity index (χ1) is 51.7. The monoisotopic (exact) mass is 1320 g/mol. The summed E-state index contributed by atoms with van der Waals surface area (Å²) >= 11 is 0. The first-order valence-electron chi connectivity index (χ1n) is 36.3. The summed E-state index contributed by atoms with van der Waals surface area (Å²) in [5, 5.41) is 9.62. The molecular formula is C102H64N2. The fraction of sp³-hybridized carbons (Fsp3) is 0.0196. The molecule has 2 spiro atoms. The molecule has 0 saturated carbocycles. The lowest BCUT2D eigenvalue weighted by Gasteiger charge is -2.45. The Morgan fingerprint density at radius 2 is 0.404 bits per heavy atom. The van der Waals surface area contributed by atoms with Crippen molar-refractivity contribution in [3.8, 4) is 77.9 Å². The van der Waals surface area contributed by atoms with Gasteiger partial charge in [0, 0.05) is 11.4 Å². The summed E-state index contributed by atoms with van der Waals surface area (Å²) in [4.78, 5) is 4.95. The van der Waals surface area contributed by atoms with Crippen LogP contribution in [-0.2, 0) is 10.8 Å². The summed E-state index contributed by atoms with van der Waals surface area (Å²) in [6, 6.07) is 147. The predicted octanol–water partition coefficient (Wildman–Crippen LogP) is 26.9. The topological polar surface area (TPSA) is 6.48 Å². The van der Waals surface area contributed by atoms with Gasteiger partial charge >= 0.3 is 0 Å². The maximum atomic E-state index is 2.59. The molecule has 4 aliphatic rings. The first kappa shape index (κ1) is 58.4. The highest BCUT2D eigenvalue weighted by atomic mass is 15.2. The van der Waals surface area contributed by atoms with Crippen LogP contribution in [0.3, 0.4) is 0 Å². The lowest BCUT2D eigenvalue weighted by atomic mass is 9.64. The molecule has 482 valence electrons. The molecule has 0 N–H and O–H groups in total. The Balaban J connectivity index is 0.867. The van der Waals surface area contributed by atoms with Crippen molar-refractivity contribution in [3.05, 3.63) is 433 Å². The maximum Gasteiger partial charge on any atom is 0.0754 e. The molecule has 0 aromatic heterocycles. The number of para-hydroxylation sites is 6. The normalized spacial score (nSPS) is 13.7. The fourth-order valence-electron chi connectivity index (χ4n) is 19.6. The van der Waals surface area contributed by atoms with Crippen molar-refractivity contribution in [2.45, 2.75) is 10.8 Å². The van der Waals surface area contributed by atoms with Gasteiger partial charge in [0.25, 0.3) is 0 Å². The minimum absolute atomic E-state index is 0.647. The van der Waals surface area contributed by atoms with Gasteiger partial charge in [-0.15, -0.1) is 0 Å². The van der Waals surface area contributed by atoms with Gasteiger partial charge in [0.15, 0.2) is 0 Å². The third-order valence-electron chi connectivity index (χ3n) is 23.4. The van der Waals surface area contributed by atoms with Crippen LogP contribution in [-0.4, -0.2) is 0 Å². The molecule has 104 heavy (non-hydrogen) atoms. The van der Waals surface area contributed by atoms with Gasteiger partial charge in [-0.3, -0.25) is 0 Å². The van der Waals surface area contributed by atoms with Gasteiger partial charge < -0.3 is 9.80 Å². The molecule has 2 aliphatic heterocycles. The van der Waals surface area contributed by atoms with Crippen molar-refractivity contribution in [2.24, 2.45) is 0 Å². The molecule has 0 radical (unpaired) electrons. The minimum Gasteiger partial charge on any atom is -0.310 e. The zero-order valence-electron chi connectivity index (χ0n) is 56.8. The molecule has 2 heterocycles. The van der Waals surface area contributed by atoms with Crippen LogP contribution in [0.1, 0.15) is 44.5 Å². The van der Waals surface area contributed by atoms with E-state index in [4.69, 9.17) is 0 Å². The number of rotatable bonds is 7. The summed E-state index contributed by atoms with van der Waals surface area (Å²) in [5.74, 6) is 0. The summed E-state index contributed by atoms with van der Waals surface area (Å²) in [6.07, 6.45) is 0. The second kappa shape index (κ2) is 22.6. The molecule has 0 fully saturated rings. The highest BCUT2D eigenvalue weighted by Gasteiger charge is 2.54. The van der Waals surface area contributed by atoms with E-state index in [1.54, 1.807) is 0 Å². The third-order valence-corrected chi connectivity index (χ3v) is 23.4. The van der Waals surface area contributed by atoms with Gasteiger partial charge in [0.1, 0.15) is 0 Å². The van der Waals surface area contributed by atoms with E-state index in [1.165, 1.54) is 188 Å². The second-order valence-corrected chi connectivity index (χ2v) is 28.3. The Labute approximate surface area is 604 Å². The lowest BCUT2D eigenvalue weighted by Crippen LogP contribution is -2.36. The Morgan fingerprint density at radius 3 is 0.760 bits per heavy atom.